The van der Waals surface area contributed by atoms with E-state index in [2.05, 4.69) is 17.4 Å². The van der Waals surface area contributed by atoms with Crippen LogP contribution in [0.5, 0.6) is 0 Å². The molecule has 1 unspecified atom stereocenters. The molecular weight excluding hydrogens is 537 g/mol. The summed E-state index contributed by atoms with van der Waals surface area (Å²) < 4.78 is 5.76. The van der Waals surface area contributed by atoms with Gasteiger partial charge in [-0.05, 0) is 17.7 Å². The van der Waals surface area contributed by atoms with E-state index < -0.39 is 0 Å². The van der Waals surface area contributed by atoms with Crippen LogP contribution < -0.4 is 8.64 Å². The molecule has 2 amide bonds. The van der Waals surface area contributed by atoms with Crippen LogP contribution in [0.1, 0.15) is 35.8 Å². The molecule has 2 heterocycles. The van der Waals surface area contributed by atoms with Gasteiger partial charge in [0.2, 0.25) is 6.41 Å². The number of amides is 2. The maximum atomic E-state index is 11.9. The van der Waals surface area contributed by atoms with E-state index >= 15 is 0 Å². The third-order valence-electron chi connectivity index (χ3n) is 3.85. The van der Waals surface area contributed by atoms with Crippen molar-refractivity contribution < 1.29 is 14.1 Å². The number of carbonyl (C=O) groups excluding carboxylic acids is 2. The molecule has 1 aromatic carbocycles. The van der Waals surface area contributed by atoms with Gasteiger partial charge < -0.3 is 5.32 Å². The van der Waals surface area contributed by atoms with Gasteiger partial charge in [0.25, 0.3) is 0 Å². The summed E-state index contributed by atoms with van der Waals surface area (Å²) in [6.45, 7) is 3.48. The molecule has 0 aliphatic carbocycles. The molecule has 6 nitrogen and oxygen atoms in total. The first-order chi connectivity index (χ1) is 12.0. The zero-order chi connectivity index (χ0) is 18.2. The first-order valence-corrected chi connectivity index (χ1v) is 10.2. The van der Waals surface area contributed by atoms with Crippen molar-refractivity contribution in [1.29, 1.82) is 0 Å². The largest absolute Gasteiger partial charge is 0.355 e. The maximum Gasteiger partial charge on any atom is 0.207 e. The standard InChI is InChI=1S/C9H11N2O2.C8H8ClNO.Pb/c1-7-3-2-5-11(7)9(12)8-4-6-13-10-8;9-8-3-1-7(2-4-8)5-10-6-11;/h4,7H,2-3,5H2,1H3;1-4,6H,5H2,(H,10,11);. The molecular formula is C17H19ClN3O3Pb. The summed E-state index contributed by atoms with van der Waals surface area (Å²) in [6, 6.07) is 9.43. The first kappa shape index (κ1) is 19.9. The Labute approximate surface area is 167 Å². The number of benzene rings is 1. The Bertz CT molecular complexity index is 705. The monoisotopic (exact) mass is 556 g/mol. The van der Waals surface area contributed by atoms with Crippen LogP contribution in [0.2, 0.25) is 5.02 Å². The zero-order valence-corrected chi connectivity index (χ0v) is 18.5. The van der Waals surface area contributed by atoms with E-state index in [1.807, 2.05) is 17.0 Å². The maximum absolute atomic E-state index is 11.9. The summed E-state index contributed by atoms with van der Waals surface area (Å²) in [7, 11) is 0. The average molecular weight is 556 g/mol. The number of nitrogens with one attached hydrogen (secondary N) is 1. The van der Waals surface area contributed by atoms with Crippen LogP contribution in [0.25, 0.3) is 0 Å². The van der Waals surface area contributed by atoms with Crippen LogP contribution in [0.15, 0.2) is 34.9 Å². The van der Waals surface area contributed by atoms with E-state index in [9.17, 15) is 9.59 Å². The average Bonchev–Trinajstić information content (AvgIpc) is 3.23. The van der Waals surface area contributed by atoms with Gasteiger partial charge >= 0.3 is 98.5 Å². The Kier molecular flexibility index (Phi) is 7.89. The minimum atomic E-state index is 0.0147. The Balaban J connectivity index is 0.000000186. The molecule has 1 saturated heterocycles. The van der Waals surface area contributed by atoms with Crippen LogP contribution in [-0.4, -0.2) is 60.7 Å². The van der Waals surface area contributed by atoms with E-state index in [0.29, 0.717) is 29.7 Å². The van der Waals surface area contributed by atoms with E-state index in [1.54, 1.807) is 18.2 Å². The number of carbonyl (C=O) groups is 2. The number of hydrogen-bond donors (Lipinski definition) is 1. The molecule has 3 radical (unpaired) electrons. The normalized spacial score (nSPS) is 16.1. The van der Waals surface area contributed by atoms with Gasteiger partial charge in [0.1, 0.15) is 0 Å². The number of halogens is 1. The van der Waals surface area contributed by atoms with Crippen molar-refractivity contribution in [3.63, 3.8) is 0 Å². The van der Waals surface area contributed by atoms with Gasteiger partial charge in [-0.1, -0.05) is 23.7 Å². The molecule has 0 spiro atoms. The zero-order valence-electron chi connectivity index (χ0n) is 13.9. The SMILES string of the molecule is CC1CCCN1C(=O)c1c[c]([Pb])on1.O=CNCc1ccc(Cl)cc1. The Morgan fingerprint density at radius 2 is 2.20 bits per heavy atom. The van der Waals surface area contributed by atoms with Crippen molar-refractivity contribution >= 4 is 53.0 Å². The molecule has 2 aromatic rings. The van der Waals surface area contributed by atoms with Crippen molar-refractivity contribution in [3.05, 3.63) is 46.6 Å². The van der Waals surface area contributed by atoms with Gasteiger partial charge in [-0.25, -0.2) is 0 Å². The molecule has 1 atom stereocenters. The second-order valence-corrected chi connectivity index (χ2v) is 8.04. The number of likely N-dealkylation sites (tertiary alicyclic amines) is 1. The van der Waals surface area contributed by atoms with Crippen LogP contribution >= 0.6 is 11.6 Å². The van der Waals surface area contributed by atoms with Gasteiger partial charge in [-0.3, -0.25) is 4.79 Å². The van der Waals surface area contributed by atoms with Crippen LogP contribution in [0.4, 0.5) is 0 Å². The predicted molar refractivity (Wildman–Crippen MR) is 96.0 cm³/mol. The van der Waals surface area contributed by atoms with Crippen molar-refractivity contribution in [2.75, 3.05) is 6.54 Å². The van der Waals surface area contributed by atoms with Crippen molar-refractivity contribution in [1.82, 2.24) is 15.4 Å². The van der Waals surface area contributed by atoms with Crippen molar-refractivity contribution in [3.8, 4) is 0 Å². The first-order valence-electron chi connectivity index (χ1n) is 7.92. The minimum absolute atomic E-state index is 0.0147. The summed E-state index contributed by atoms with van der Waals surface area (Å²) in [6.07, 6.45) is 2.87. The van der Waals surface area contributed by atoms with Crippen molar-refractivity contribution in [2.24, 2.45) is 0 Å². The Morgan fingerprint density at radius 3 is 2.72 bits per heavy atom. The third-order valence-corrected chi connectivity index (χ3v) is 5.01. The molecule has 1 aliphatic rings. The van der Waals surface area contributed by atoms with Crippen LogP contribution in [0.3, 0.4) is 0 Å². The summed E-state index contributed by atoms with van der Waals surface area (Å²) in [5.41, 5.74) is 1.50. The Morgan fingerprint density at radius 1 is 1.48 bits per heavy atom. The second kappa shape index (κ2) is 9.91. The quantitative estimate of drug-likeness (QED) is 0.460. The fraction of sp³-hybridized carbons (Fsp3) is 0.353. The summed E-state index contributed by atoms with van der Waals surface area (Å²) in [4.78, 5) is 23.7. The molecule has 1 N–H and O–H groups in total. The molecule has 0 bridgehead atoms. The molecule has 131 valence electrons. The molecule has 8 heteroatoms. The third kappa shape index (κ3) is 6.11. The molecule has 1 fully saturated rings. The molecule has 1 aliphatic heterocycles. The Hall–Kier alpha value is -1.42. The molecule has 0 saturated carbocycles. The van der Waals surface area contributed by atoms with Gasteiger partial charge in [0.05, 0.1) is 0 Å². The fourth-order valence-corrected chi connectivity index (χ4v) is 3.35. The van der Waals surface area contributed by atoms with Crippen molar-refractivity contribution in [2.45, 2.75) is 32.4 Å². The summed E-state index contributed by atoms with van der Waals surface area (Å²) in [5, 5.41) is 7.03. The molecule has 3 rings (SSSR count). The van der Waals surface area contributed by atoms with Gasteiger partial charge in [0, 0.05) is 11.6 Å². The van der Waals surface area contributed by atoms with Gasteiger partial charge in [-0.15, -0.1) is 0 Å². The summed E-state index contributed by atoms with van der Waals surface area (Å²) in [5.74, 6) is 0.0147. The fourth-order valence-electron chi connectivity index (χ4n) is 2.52. The van der Waals surface area contributed by atoms with Gasteiger partial charge in [0.15, 0.2) is 0 Å². The van der Waals surface area contributed by atoms with E-state index in [-0.39, 0.29) is 5.91 Å². The summed E-state index contributed by atoms with van der Waals surface area (Å²) >= 11 is 6.46. The molecule has 25 heavy (non-hydrogen) atoms. The van der Waals surface area contributed by atoms with E-state index in [1.165, 1.54) is 0 Å². The molecule has 1 aromatic heterocycles. The number of aromatic nitrogens is 1. The van der Waals surface area contributed by atoms with Gasteiger partial charge in [-0.2, -0.15) is 0 Å². The van der Waals surface area contributed by atoms with E-state index in [0.717, 1.165) is 54.0 Å². The van der Waals surface area contributed by atoms with E-state index in [4.69, 9.17) is 16.1 Å². The topological polar surface area (TPSA) is 75.4 Å². The predicted octanol–water partition coefficient (Wildman–Crippen LogP) is 1.68. The number of nitrogens with zero attached hydrogens (tertiary/aromatic N) is 2. The smallest absolute Gasteiger partial charge is 0.207 e. The number of rotatable bonds is 4. The minimum Gasteiger partial charge on any atom is -0.355 e. The number of hydrogen-bond acceptors (Lipinski definition) is 4. The van der Waals surface area contributed by atoms with Crippen LogP contribution in [-0.2, 0) is 11.3 Å². The second-order valence-electron chi connectivity index (χ2n) is 5.69. The van der Waals surface area contributed by atoms with Crippen LogP contribution in [0, 0.1) is 0 Å².